The molecule has 0 unspecified atom stereocenters. The maximum atomic E-state index is 12.0. The van der Waals surface area contributed by atoms with Crippen molar-refractivity contribution < 1.29 is 8.42 Å². The molecule has 2 rings (SSSR count). The SMILES string of the molecule is O=S(=O)(NC1=C[CH]CC=C1Cl)c1ccccc1. The summed E-state index contributed by atoms with van der Waals surface area (Å²) in [6.07, 6.45) is 5.98. The maximum Gasteiger partial charge on any atom is 0.261 e. The van der Waals surface area contributed by atoms with Crippen LogP contribution in [0, 0.1) is 6.42 Å². The van der Waals surface area contributed by atoms with Gasteiger partial charge in [-0.1, -0.05) is 42.0 Å². The molecule has 0 aromatic heterocycles. The molecule has 89 valence electrons. The molecule has 1 aromatic carbocycles. The summed E-state index contributed by atoms with van der Waals surface area (Å²) in [4.78, 5) is 0.218. The normalized spacial score (nSPS) is 16.1. The molecule has 0 aliphatic heterocycles. The molecule has 0 amide bonds. The van der Waals surface area contributed by atoms with Crippen molar-refractivity contribution in [2.24, 2.45) is 0 Å². The second-order valence-electron chi connectivity index (χ2n) is 3.52. The standard InChI is InChI=1S/C12H11ClNO2S/c13-11-8-4-5-9-12(11)14-17(15,16)10-6-2-1-3-7-10/h1-3,5-9,14H,4H2. The van der Waals surface area contributed by atoms with Gasteiger partial charge in [0.05, 0.1) is 15.6 Å². The van der Waals surface area contributed by atoms with Crippen molar-refractivity contribution in [2.75, 3.05) is 0 Å². The zero-order chi connectivity index (χ0) is 12.3. The number of hydrogen-bond donors (Lipinski definition) is 1. The summed E-state index contributed by atoms with van der Waals surface area (Å²) >= 11 is 5.92. The van der Waals surface area contributed by atoms with Gasteiger partial charge < -0.3 is 0 Å². The molecule has 0 bridgehead atoms. The molecule has 1 aliphatic carbocycles. The molecule has 0 fully saturated rings. The van der Waals surface area contributed by atoms with Crippen molar-refractivity contribution in [3.05, 3.63) is 59.6 Å². The monoisotopic (exact) mass is 268 g/mol. The van der Waals surface area contributed by atoms with Gasteiger partial charge in [0.25, 0.3) is 10.0 Å². The number of nitrogens with one attached hydrogen (secondary N) is 1. The van der Waals surface area contributed by atoms with Crippen LogP contribution in [0.15, 0.2) is 58.1 Å². The zero-order valence-electron chi connectivity index (χ0n) is 8.93. The van der Waals surface area contributed by atoms with Crippen LogP contribution in [0.25, 0.3) is 0 Å². The van der Waals surface area contributed by atoms with Crippen molar-refractivity contribution in [1.82, 2.24) is 4.72 Å². The number of hydrogen-bond acceptors (Lipinski definition) is 2. The van der Waals surface area contributed by atoms with Crippen LogP contribution in [0.1, 0.15) is 6.42 Å². The largest absolute Gasteiger partial charge is 0.278 e. The molecule has 1 aromatic rings. The summed E-state index contributed by atoms with van der Waals surface area (Å²) in [5.41, 5.74) is 0.404. The first-order chi connectivity index (χ1) is 8.09. The fourth-order valence-electron chi connectivity index (χ4n) is 1.43. The molecule has 5 heteroatoms. The van der Waals surface area contributed by atoms with E-state index < -0.39 is 10.0 Å². The van der Waals surface area contributed by atoms with E-state index in [0.29, 0.717) is 10.7 Å². The average molecular weight is 269 g/mol. The van der Waals surface area contributed by atoms with Gasteiger partial charge >= 0.3 is 0 Å². The van der Waals surface area contributed by atoms with Gasteiger partial charge in [-0.2, -0.15) is 0 Å². The minimum atomic E-state index is -3.56. The first-order valence-electron chi connectivity index (χ1n) is 5.07. The summed E-state index contributed by atoms with van der Waals surface area (Å²) in [7, 11) is -3.56. The molecule has 0 atom stereocenters. The molecule has 17 heavy (non-hydrogen) atoms. The van der Waals surface area contributed by atoms with Crippen LogP contribution < -0.4 is 4.72 Å². The Bertz CT molecular complexity index is 561. The summed E-state index contributed by atoms with van der Waals surface area (Å²) in [6.45, 7) is 0. The fraction of sp³-hybridized carbons (Fsp3) is 0.0833. The Morgan fingerprint density at radius 1 is 1.18 bits per heavy atom. The Morgan fingerprint density at radius 3 is 2.53 bits per heavy atom. The molecule has 1 radical (unpaired) electrons. The zero-order valence-corrected chi connectivity index (χ0v) is 10.5. The van der Waals surface area contributed by atoms with Crippen molar-refractivity contribution in [3.63, 3.8) is 0 Å². The molecular weight excluding hydrogens is 258 g/mol. The molecule has 3 nitrogen and oxygen atoms in total. The first-order valence-corrected chi connectivity index (χ1v) is 6.93. The van der Waals surface area contributed by atoms with Crippen molar-refractivity contribution in [3.8, 4) is 0 Å². The van der Waals surface area contributed by atoms with Gasteiger partial charge in [0.2, 0.25) is 0 Å². The number of sulfonamides is 1. The predicted octanol–water partition coefficient (Wildman–Crippen LogP) is 2.58. The van der Waals surface area contributed by atoms with Crippen LogP contribution in [0.4, 0.5) is 0 Å². The highest BCUT2D eigenvalue weighted by molar-refractivity contribution is 7.89. The minimum Gasteiger partial charge on any atom is -0.278 e. The predicted molar refractivity (Wildman–Crippen MR) is 67.7 cm³/mol. The smallest absolute Gasteiger partial charge is 0.261 e. The second kappa shape index (κ2) is 4.94. The van der Waals surface area contributed by atoms with E-state index >= 15 is 0 Å². The molecule has 0 spiro atoms. The molecule has 0 saturated heterocycles. The lowest BCUT2D eigenvalue weighted by molar-refractivity contribution is 0.589. The number of halogens is 1. The quantitative estimate of drug-likeness (QED) is 0.916. The van der Waals surface area contributed by atoms with Crippen molar-refractivity contribution in [1.29, 1.82) is 0 Å². The fourth-order valence-corrected chi connectivity index (χ4v) is 2.79. The summed E-state index contributed by atoms with van der Waals surface area (Å²) < 4.78 is 26.5. The van der Waals surface area contributed by atoms with Gasteiger partial charge in [-0.05, 0) is 25.0 Å². The Morgan fingerprint density at radius 2 is 1.88 bits per heavy atom. The third-order valence-corrected chi connectivity index (χ3v) is 4.01. The van der Waals surface area contributed by atoms with Gasteiger partial charge in [0, 0.05) is 0 Å². The highest BCUT2D eigenvalue weighted by Gasteiger charge is 2.17. The van der Waals surface area contributed by atoms with E-state index in [-0.39, 0.29) is 4.90 Å². The molecule has 0 heterocycles. The van der Waals surface area contributed by atoms with E-state index in [1.54, 1.807) is 30.4 Å². The molecular formula is C12H11ClNO2S. The number of rotatable bonds is 3. The van der Waals surface area contributed by atoms with Gasteiger partial charge in [-0.25, -0.2) is 8.42 Å². The third-order valence-electron chi connectivity index (χ3n) is 2.27. The highest BCUT2D eigenvalue weighted by atomic mass is 35.5. The van der Waals surface area contributed by atoms with E-state index in [2.05, 4.69) is 4.72 Å². The maximum absolute atomic E-state index is 12.0. The Hall–Kier alpha value is -1.26. The first kappa shape index (κ1) is 12.2. The van der Waals surface area contributed by atoms with Crippen LogP contribution in [-0.4, -0.2) is 8.42 Å². The Kier molecular flexibility index (Phi) is 3.54. The average Bonchev–Trinajstić information content (AvgIpc) is 2.33. The van der Waals surface area contributed by atoms with Crippen LogP contribution >= 0.6 is 11.6 Å². The van der Waals surface area contributed by atoms with Gasteiger partial charge in [0.1, 0.15) is 0 Å². The van der Waals surface area contributed by atoms with Crippen molar-refractivity contribution >= 4 is 21.6 Å². The van der Waals surface area contributed by atoms with Gasteiger partial charge in [-0.15, -0.1) is 0 Å². The lowest BCUT2D eigenvalue weighted by Crippen LogP contribution is -2.24. The topological polar surface area (TPSA) is 46.2 Å². The van der Waals surface area contributed by atoms with Crippen molar-refractivity contribution in [2.45, 2.75) is 11.3 Å². The number of benzene rings is 1. The van der Waals surface area contributed by atoms with Crippen LogP contribution in [-0.2, 0) is 10.0 Å². The highest BCUT2D eigenvalue weighted by Crippen LogP contribution is 2.21. The lowest BCUT2D eigenvalue weighted by Gasteiger charge is -2.13. The molecule has 1 N–H and O–H groups in total. The van der Waals surface area contributed by atoms with Gasteiger partial charge in [-0.3, -0.25) is 4.72 Å². The summed E-state index contributed by atoms with van der Waals surface area (Å²) in [5, 5.41) is 0.423. The minimum absolute atomic E-state index is 0.218. The summed E-state index contributed by atoms with van der Waals surface area (Å²) in [5.74, 6) is 0. The van der Waals surface area contributed by atoms with Crippen LogP contribution in [0.3, 0.4) is 0 Å². The third kappa shape index (κ3) is 2.90. The van der Waals surface area contributed by atoms with E-state index in [1.165, 1.54) is 12.1 Å². The van der Waals surface area contributed by atoms with E-state index in [9.17, 15) is 8.42 Å². The Balaban J connectivity index is 2.25. The van der Waals surface area contributed by atoms with Crippen LogP contribution in [0.2, 0.25) is 0 Å². The van der Waals surface area contributed by atoms with Gasteiger partial charge in [0.15, 0.2) is 0 Å². The number of allylic oxidation sites excluding steroid dienone is 3. The molecule has 1 aliphatic rings. The summed E-state index contributed by atoms with van der Waals surface area (Å²) in [6, 6.07) is 8.18. The Labute approximate surface area is 106 Å². The van der Waals surface area contributed by atoms with E-state index in [4.69, 9.17) is 11.6 Å². The molecule has 0 saturated carbocycles. The van der Waals surface area contributed by atoms with E-state index in [1.807, 2.05) is 6.42 Å². The second-order valence-corrected chi connectivity index (χ2v) is 5.61. The van der Waals surface area contributed by atoms with Crippen LogP contribution in [0.5, 0.6) is 0 Å². The van der Waals surface area contributed by atoms with E-state index in [0.717, 1.165) is 6.42 Å². The lowest BCUT2D eigenvalue weighted by atomic mass is 10.1.